The minimum absolute atomic E-state index is 0.0303. The van der Waals surface area contributed by atoms with Crippen LogP contribution in [0.25, 0.3) is 0 Å². The maximum atomic E-state index is 12.8. The van der Waals surface area contributed by atoms with Gasteiger partial charge in [-0.1, -0.05) is 77.5 Å². The average Bonchev–Trinajstić information content (AvgIpc) is 3.46. The molecule has 2 aliphatic rings. The van der Waals surface area contributed by atoms with Crippen molar-refractivity contribution < 1.29 is 9.59 Å². The Bertz CT molecular complexity index is 1430. The Morgan fingerprint density at radius 3 is 2.54 bits per heavy atom. The molecule has 0 radical (unpaired) electrons. The van der Waals surface area contributed by atoms with Crippen molar-refractivity contribution in [3.63, 3.8) is 0 Å². The van der Waals surface area contributed by atoms with E-state index in [4.69, 9.17) is 16.7 Å². The highest BCUT2D eigenvalue weighted by atomic mass is 35.5. The van der Waals surface area contributed by atoms with Crippen molar-refractivity contribution >= 4 is 51.7 Å². The molecule has 1 N–H and O–H groups in total. The Morgan fingerprint density at radius 2 is 1.81 bits per heavy atom. The molecule has 0 aromatic heterocycles. The number of carbonyl (C=O) groups excluding carboxylic acids is 2. The lowest BCUT2D eigenvalue weighted by Crippen LogP contribution is -2.25. The molecule has 0 aliphatic carbocycles. The summed E-state index contributed by atoms with van der Waals surface area (Å²) in [6, 6.07) is 21.4. The number of nitrogens with one attached hydrogen (secondary N) is 1. The highest BCUT2D eigenvalue weighted by Gasteiger charge is 2.39. The van der Waals surface area contributed by atoms with Crippen molar-refractivity contribution in [1.29, 1.82) is 0 Å². The maximum absolute atomic E-state index is 12.8. The second-order valence-electron chi connectivity index (χ2n) is 9.39. The molecule has 2 heterocycles. The predicted octanol–water partition coefficient (Wildman–Crippen LogP) is 6.44. The molecule has 188 valence electrons. The van der Waals surface area contributed by atoms with E-state index in [1.165, 1.54) is 17.3 Å². The number of benzene rings is 3. The van der Waals surface area contributed by atoms with Crippen LogP contribution in [0.15, 0.2) is 76.8 Å². The van der Waals surface area contributed by atoms with Crippen molar-refractivity contribution in [3.8, 4) is 0 Å². The van der Waals surface area contributed by atoms with E-state index in [0.29, 0.717) is 16.6 Å². The van der Waals surface area contributed by atoms with E-state index in [1.807, 2.05) is 63.2 Å². The molecular formula is C29H27ClN4O2S. The lowest BCUT2D eigenvalue weighted by molar-refractivity contribution is -0.121. The number of anilines is 1. The van der Waals surface area contributed by atoms with E-state index in [9.17, 15) is 9.59 Å². The molecule has 3 aromatic carbocycles. The van der Waals surface area contributed by atoms with Gasteiger partial charge in [-0.25, -0.2) is 5.01 Å². The van der Waals surface area contributed by atoms with Crippen LogP contribution in [-0.4, -0.2) is 33.0 Å². The first-order valence-corrected chi connectivity index (χ1v) is 13.4. The van der Waals surface area contributed by atoms with Crippen LogP contribution < -0.4 is 5.32 Å². The van der Waals surface area contributed by atoms with Crippen LogP contribution in [0, 0.1) is 20.8 Å². The summed E-state index contributed by atoms with van der Waals surface area (Å²) < 4.78 is 0. The minimum Gasteiger partial charge on any atom is -0.326 e. The molecule has 0 saturated heterocycles. The summed E-state index contributed by atoms with van der Waals surface area (Å²) in [4.78, 5) is 29.9. The maximum Gasteiger partial charge on any atom is 0.262 e. The van der Waals surface area contributed by atoms with Gasteiger partial charge in [0.1, 0.15) is 5.25 Å². The number of amidine groups is 1. The largest absolute Gasteiger partial charge is 0.326 e. The molecule has 6 nitrogen and oxygen atoms in total. The van der Waals surface area contributed by atoms with E-state index in [-0.39, 0.29) is 24.3 Å². The standard InChI is InChI=1S/C29H27ClN4O2S/c1-17-8-11-20(12-9-17)24-15-25(22-6-4-5-7-23(22)30)34(33-24)29-32-28(36)26(37-29)16-27(35)31-21-13-10-18(2)19(3)14-21/h4-14,25-26H,15-16H2,1-3H3,(H,31,35)/t25-,26+/m1/s1. The van der Waals surface area contributed by atoms with Crippen molar-refractivity contribution in [1.82, 2.24) is 5.01 Å². The molecule has 0 fully saturated rings. The highest BCUT2D eigenvalue weighted by Crippen LogP contribution is 2.40. The van der Waals surface area contributed by atoms with Gasteiger partial charge in [0, 0.05) is 23.6 Å². The summed E-state index contributed by atoms with van der Waals surface area (Å²) in [5.74, 6) is -0.550. The molecule has 8 heteroatoms. The van der Waals surface area contributed by atoms with Gasteiger partial charge in [-0.05, 0) is 61.2 Å². The van der Waals surface area contributed by atoms with Crippen LogP contribution in [0.2, 0.25) is 5.02 Å². The third kappa shape index (κ3) is 5.48. The summed E-state index contributed by atoms with van der Waals surface area (Å²) in [5.41, 5.74) is 6.97. The highest BCUT2D eigenvalue weighted by molar-refractivity contribution is 8.15. The summed E-state index contributed by atoms with van der Waals surface area (Å²) in [7, 11) is 0. The number of rotatable bonds is 5. The fourth-order valence-corrected chi connectivity index (χ4v) is 5.72. The predicted molar refractivity (Wildman–Crippen MR) is 151 cm³/mol. The molecule has 0 spiro atoms. The zero-order chi connectivity index (χ0) is 26.1. The first-order valence-electron chi connectivity index (χ1n) is 12.1. The molecule has 5 rings (SSSR count). The van der Waals surface area contributed by atoms with Crippen LogP contribution in [-0.2, 0) is 9.59 Å². The fraction of sp³-hybridized carbons (Fsp3) is 0.241. The Hall–Kier alpha value is -3.42. The van der Waals surface area contributed by atoms with Crippen molar-refractivity contribution in [3.05, 3.63) is 99.6 Å². The van der Waals surface area contributed by atoms with E-state index in [1.54, 1.807) is 5.01 Å². The minimum atomic E-state index is -0.605. The Labute approximate surface area is 225 Å². The van der Waals surface area contributed by atoms with Gasteiger partial charge in [-0.3, -0.25) is 9.59 Å². The number of aryl methyl sites for hydroxylation is 3. The third-order valence-corrected chi connectivity index (χ3v) is 8.13. The number of amides is 2. The van der Waals surface area contributed by atoms with Crippen molar-refractivity contribution in [2.24, 2.45) is 10.1 Å². The lowest BCUT2D eigenvalue weighted by Gasteiger charge is -2.23. The van der Waals surface area contributed by atoms with Crippen molar-refractivity contribution in [2.75, 3.05) is 5.32 Å². The Balaban J connectivity index is 1.35. The van der Waals surface area contributed by atoms with Crippen LogP contribution in [0.3, 0.4) is 0 Å². The Morgan fingerprint density at radius 1 is 1.05 bits per heavy atom. The number of thioether (sulfide) groups is 1. The second-order valence-corrected chi connectivity index (χ2v) is 11.0. The number of halogens is 1. The summed E-state index contributed by atoms with van der Waals surface area (Å²) >= 11 is 7.85. The van der Waals surface area contributed by atoms with Gasteiger partial charge < -0.3 is 5.32 Å². The second kappa shape index (κ2) is 10.5. The molecule has 2 atom stereocenters. The zero-order valence-electron chi connectivity index (χ0n) is 20.9. The fourth-order valence-electron chi connectivity index (χ4n) is 4.40. The van der Waals surface area contributed by atoms with Gasteiger partial charge in [0.15, 0.2) is 5.17 Å². The molecule has 3 aromatic rings. The van der Waals surface area contributed by atoms with Gasteiger partial charge in [0.2, 0.25) is 5.91 Å². The molecule has 37 heavy (non-hydrogen) atoms. The SMILES string of the molecule is Cc1ccc(C2=NN(C3=NC(=O)[C@H](CC(=O)Nc4ccc(C)c(C)c4)S3)[C@@H](c3ccccc3Cl)C2)cc1. The number of nitrogens with zero attached hydrogens (tertiary/aromatic N) is 3. The first kappa shape index (κ1) is 25.2. The van der Waals surface area contributed by atoms with E-state index >= 15 is 0 Å². The van der Waals surface area contributed by atoms with Crippen molar-refractivity contribution in [2.45, 2.75) is 44.9 Å². The van der Waals surface area contributed by atoms with Gasteiger partial charge in [0.05, 0.1) is 11.8 Å². The van der Waals surface area contributed by atoms with Gasteiger partial charge in [-0.2, -0.15) is 10.1 Å². The average molecular weight is 531 g/mol. The van der Waals surface area contributed by atoms with Gasteiger partial charge in [0.25, 0.3) is 5.91 Å². The topological polar surface area (TPSA) is 74.1 Å². The normalized spacial score (nSPS) is 19.1. The number of hydrazone groups is 1. The number of hydrogen-bond donors (Lipinski definition) is 1. The summed E-state index contributed by atoms with van der Waals surface area (Å²) in [6.45, 7) is 6.07. The monoisotopic (exact) mass is 530 g/mol. The number of aliphatic imine (C=N–C) groups is 1. The lowest BCUT2D eigenvalue weighted by atomic mass is 9.98. The smallest absolute Gasteiger partial charge is 0.262 e. The molecular weight excluding hydrogens is 504 g/mol. The summed E-state index contributed by atoms with van der Waals surface area (Å²) in [6.07, 6.45) is 0.654. The quantitative estimate of drug-likeness (QED) is 0.411. The molecule has 2 aliphatic heterocycles. The zero-order valence-corrected chi connectivity index (χ0v) is 22.4. The Kier molecular flexibility index (Phi) is 7.17. The molecule has 0 unspecified atom stereocenters. The molecule has 0 bridgehead atoms. The summed E-state index contributed by atoms with van der Waals surface area (Å²) in [5, 5.41) is 10.1. The van der Waals surface area contributed by atoms with Crippen LogP contribution in [0.1, 0.15) is 46.7 Å². The van der Waals surface area contributed by atoms with E-state index < -0.39 is 5.25 Å². The van der Waals surface area contributed by atoms with E-state index in [2.05, 4.69) is 34.6 Å². The van der Waals surface area contributed by atoms with E-state index in [0.717, 1.165) is 33.7 Å². The molecule has 0 saturated carbocycles. The van der Waals surface area contributed by atoms with Gasteiger partial charge >= 0.3 is 0 Å². The van der Waals surface area contributed by atoms with Crippen LogP contribution in [0.4, 0.5) is 5.69 Å². The van der Waals surface area contributed by atoms with Gasteiger partial charge in [-0.15, -0.1) is 0 Å². The van der Waals surface area contributed by atoms with Crippen LogP contribution in [0.5, 0.6) is 0 Å². The number of carbonyl (C=O) groups is 2. The number of hydrogen-bond acceptors (Lipinski definition) is 5. The third-order valence-electron chi connectivity index (χ3n) is 6.65. The van der Waals surface area contributed by atoms with Crippen LogP contribution >= 0.6 is 23.4 Å². The first-order chi connectivity index (χ1) is 17.8. The molecule has 2 amide bonds.